The van der Waals surface area contributed by atoms with Crippen LogP contribution < -0.4 is 5.32 Å². The Kier molecular flexibility index (Phi) is 6.27. The molecule has 4 rings (SSSR count). The number of aryl methyl sites for hydroxylation is 1. The second kappa shape index (κ2) is 9.12. The number of likely N-dealkylation sites (tertiary alicyclic amines) is 1. The molecule has 3 aromatic rings. The van der Waals surface area contributed by atoms with E-state index in [-0.39, 0.29) is 5.69 Å². The van der Waals surface area contributed by atoms with Crippen LogP contribution >= 0.6 is 0 Å². The van der Waals surface area contributed by atoms with Crippen molar-refractivity contribution in [3.63, 3.8) is 0 Å². The zero-order chi connectivity index (χ0) is 22.7. The molecule has 1 aliphatic heterocycles. The Morgan fingerprint density at radius 3 is 2.69 bits per heavy atom. The summed E-state index contributed by atoms with van der Waals surface area (Å²) in [4.78, 5) is 19.2. The largest absolute Gasteiger partial charge is 0.418 e. The Balaban J connectivity index is 1.39. The minimum atomic E-state index is -4.53. The molecular weight excluding hydrogens is 421 g/mol. The minimum Gasteiger partial charge on any atom is -0.334 e. The Morgan fingerprint density at radius 2 is 1.94 bits per heavy atom. The normalized spacial score (nSPS) is 17.3. The lowest BCUT2D eigenvalue weighted by molar-refractivity contribution is -0.137. The Morgan fingerprint density at radius 1 is 1.19 bits per heavy atom. The molecule has 1 aromatic heterocycles. The van der Waals surface area contributed by atoms with Crippen LogP contribution in [0.15, 0.2) is 53.1 Å². The van der Waals surface area contributed by atoms with Crippen molar-refractivity contribution in [3.8, 4) is 11.5 Å². The topological polar surface area (TPSA) is 71.3 Å². The third-order valence-electron chi connectivity index (χ3n) is 5.50. The van der Waals surface area contributed by atoms with Crippen molar-refractivity contribution in [2.45, 2.75) is 32.5 Å². The first-order valence-electron chi connectivity index (χ1n) is 10.4. The molecule has 0 saturated carbocycles. The van der Waals surface area contributed by atoms with E-state index in [1.807, 2.05) is 36.1 Å². The molecule has 1 fully saturated rings. The summed E-state index contributed by atoms with van der Waals surface area (Å²) >= 11 is 0. The van der Waals surface area contributed by atoms with Crippen molar-refractivity contribution in [2.24, 2.45) is 5.92 Å². The maximum Gasteiger partial charge on any atom is 0.418 e. The minimum absolute atomic E-state index is 0.219. The molecule has 6 nitrogen and oxygen atoms in total. The molecule has 0 aliphatic carbocycles. The quantitative estimate of drug-likeness (QED) is 0.605. The van der Waals surface area contributed by atoms with Gasteiger partial charge < -0.3 is 9.84 Å². The molecule has 0 spiro atoms. The first-order chi connectivity index (χ1) is 15.3. The summed E-state index contributed by atoms with van der Waals surface area (Å²) in [6.07, 6.45) is -3.17. The summed E-state index contributed by atoms with van der Waals surface area (Å²) in [6, 6.07) is 12.8. The fourth-order valence-electron chi connectivity index (χ4n) is 3.82. The molecule has 32 heavy (non-hydrogen) atoms. The number of aromatic nitrogens is 2. The fourth-order valence-corrected chi connectivity index (χ4v) is 3.82. The number of anilines is 1. The highest BCUT2D eigenvalue weighted by atomic mass is 19.4. The van der Waals surface area contributed by atoms with Gasteiger partial charge in [0.1, 0.15) is 0 Å². The van der Waals surface area contributed by atoms with E-state index in [1.165, 1.54) is 18.2 Å². The molecule has 1 amide bonds. The van der Waals surface area contributed by atoms with Gasteiger partial charge in [-0.1, -0.05) is 35.0 Å². The van der Waals surface area contributed by atoms with Crippen LogP contribution in [-0.2, 0) is 17.5 Å². The van der Waals surface area contributed by atoms with Crippen molar-refractivity contribution < 1.29 is 22.5 Å². The number of halogens is 3. The zero-order valence-electron chi connectivity index (χ0n) is 17.5. The number of benzene rings is 2. The average molecular weight is 444 g/mol. The summed E-state index contributed by atoms with van der Waals surface area (Å²) in [5, 5.41) is 6.50. The second-order valence-electron chi connectivity index (χ2n) is 7.99. The Hall–Kier alpha value is -3.20. The number of nitrogens with one attached hydrogen (secondary N) is 1. The van der Waals surface area contributed by atoms with Gasteiger partial charge in [0.05, 0.1) is 23.7 Å². The van der Waals surface area contributed by atoms with Gasteiger partial charge in [-0.2, -0.15) is 18.2 Å². The zero-order valence-corrected chi connectivity index (χ0v) is 17.5. The molecule has 1 N–H and O–H groups in total. The van der Waals surface area contributed by atoms with Gasteiger partial charge in [0.25, 0.3) is 5.89 Å². The number of carbonyl (C=O) groups is 1. The number of nitrogens with zero attached hydrogens (tertiary/aromatic N) is 3. The summed E-state index contributed by atoms with van der Waals surface area (Å²) in [5.41, 5.74) is 0.886. The third kappa shape index (κ3) is 5.16. The van der Waals surface area contributed by atoms with Crippen LogP contribution in [-0.4, -0.2) is 34.0 Å². The first kappa shape index (κ1) is 22.0. The average Bonchev–Trinajstić information content (AvgIpc) is 3.22. The van der Waals surface area contributed by atoms with Gasteiger partial charge in [-0.3, -0.25) is 9.69 Å². The van der Waals surface area contributed by atoms with Gasteiger partial charge in [0.2, 0.25) is 5.91 Å². The van der Waals surface area contributed by atoms with E-state index < -0.39 is 23.6 Å². The van der Waals surface area contributed by atoms with Crippen molar-refractivity contribution in [1.82, 2.24) is 15.0 Å². The summed E-state index contributed by atoms with van der Waals surface area (Å²) in [7, 11) is 0. The van der Waals surface area contributed by atoms with Crippen LogP contribution in [0.3, 0.4) is 0 Å². The molecule has 1 aliphatic rings. The molecule has 1 saturated heterocycles. The van der Waals surface area contributed by atoms with Crippen LogP contribution in [0.5, 0.6) is 0 Å². The summed E-state index contributed by atoms with van der Waals surface area (Å²) < 4.78 is 45.0. The highest BCUT2D eigenvalue weighted by molar-refractivity contribution is 5.93. The maximum absolute atomic E-state index is 13.2. The van der Waals surface area contributed by atoms with Crippen LogP contribution in [0, 0.1) is 12.8 Å². The van der Waals surface area contributed by atoms with Crippen molar-refractivity contribution in [1.29, 1.82) is 0 Å². The number of hydrogen-bond acceptors (Lipinski definition) is 5. The fraction of sp³-hybridized carbons (Fsp3) is 0.348. The predicted octanol–water partition coefficient (Wildman–Crippen LogP) is 4.91. The SMILES string of the molecule is Cc1ccc(-c2nc(CN3CCC[C@H](C(=O)Nc4ccccc4C(F)(F)F)C3)no2)cc1. The maximum atomic E-state index is 13.2. The van der Waals surface area contributed by atoms with E-state index in [0.29, 0.717) is 31.2 Å². The number of alkyl halides is 3. The standard InChI is InChI=1S/C23H23F3N4O2/c1-15-8-10-16(11-9-15)22-28-20(29-32-22)14-30-12-4-5-17(13-30)21(31)27-19-7-3-2-6-18(19)23(24,25)26/h2-3,6-11,17H,4-5,12-14H2,1H3,(H,27,31)/t17-/m0/s1. The monoisotopic (exact) mass is 444 g/mol. The van der Waals surface area contributed by atoms with Gasteiger partial charge in [-0.25, -0.2) is 0 Å². The Bertz CT molecular complexity index is 1080. The lowest BCUT2D eigenvalue weighted by atomic mass is 9.96. The molecule has 0 unspecified atom stereocenters. The van der Waals surface area contributed by atoms with E-state index in [9.17, 15) is 18.0 Å². The van der Waals surface area contributed by atoms with Crippen LogP contribution in [0.1, 0.15) is 29.8 Å². The number of carbonyl (C=O) groups excluding carboxylic acids is 1. The van der Waals surface area contributed by atoms with E-state index in [2.05, 4.69) is 15.5 Å². The summed E-state index contributed by atoms with van der Waals surface area (Å²) in [6.45, 7) is 3.55. The van der Waals surface area contributed by atoms with Gasteiger partial charge in [-0.05, 0) is 50.6 Å². The first-order valence-corrected chi connectivity index (χ1v) is 10.4. The van der Waals surface area contributed by atoms with Crippen LogP contribution in [0.2, 0.25) is 0 Å². The van der Waals surface area contributed by atoms with E-state index >= 15 is 0 Å². The lowest BCUT2D eigenvalue weighted by Gasteiger charge is -2.31. The molecule has 2 heterocycles. The molecule has 0 radical (unpaired) electrons. The second-order valence-corrected chi connectivity index (χ2v) is 7.99. The number of amides is 1. The molecule has 9 heteroatoms. The molecule has 168 valence electrons. The van der Waals surface area contributed by atoms with Crippen molar-refractivity contribution in [2.75, 3.05) is 18.4 Å². The smallest absolute Gasteiger partial charge is 0.334 e. The van der Waals surface area contributed by atoms with Gasteiger partial charge in [0, 0.05) is 12.1 Å². The van der Waals surface area contributed by atoms with E-state index in [0.717, 1.165) is 30.2 Å². The molecular formula is C23H23F3N4O2. The van der Waals surface area contributed by atoms with Crippen LogP contribution in [0.25, 0.3) is 11.5 Å². The van der Waals surface area contributed by atoms with Gasteiger partial charge >= 0.3 is 6.18 Å². The number of rotatable bonds is 5. The summed E-state index contributed by atoms with van der Waals surface area (Å²) in [5.74, 6) is 0.0903. The number of piperidine rings is 1. The highest BCUT2D eigenvalue weighted by Crippen LogP contribution is 2.35. The predicted molar refractivity (Wildman–Crippen MR) is 113 cm³/mol. The molecule has 1 atom stereocenters. The van der Waals surface area contributed by atoms with Gasteiger partial charge in [-0.15, -0.1) is 0 Å². The number of hydrogen-bond donors (Lipinski definition) is 1. The highest BCUT2D eigenvalue weighted by Gasteiger charge is 2.34. The Labute approximate surface area is 183 Å². The lowest BCUT2D eigenvalue weighted by Crippen LogP contribution is -2.40. The van der Waals surface area contributed by atoms with Gasteiger partial charge in [0.15, 0.2) is 5.82 Å². The molecule has 2 aromatic carbocycles. The third-order valence-corrected chi connectivity index (χ3v) is 5.50. The van der Waals surface area contributed by atoms with E-state index in [1.54, 1.807) is 0 Å². The van der Waals surface area contributed by atoms with Crippen molar-refractivity contribution >= 4 is 11.6 Å². The number of para-hydroxylation sites is 1. The molecule has 0 bridgehead atoms. The van der Waals surface area contributed by atoms with E-state index in [4.69, 9.17) is 4.52 Å². The van der Waals surface area contributed by atoms with Crippen molar-refractivity contribution in [3.05, 3.63) is 65.5 Å². The van der Waals surface area contributed by atoms with Crippen LogP contribution in [0.4, 0.5) is 18.9 Å².